The number of carbonyl (C=O) groups is 1. The number of thiazole rings is 1. The Hall–Kier alpha value is -1.18. The average Bonchev–Trinajstić information content (AvgIpc) is 3.16. The Morgan fingerprint density at radius 2 is 2.00 bits per heavy atom. The molecule has 1 amide bonds. The third-order valence-corrected chi connectivity index (χ3v) is 9.73. The van der Waals surface area contributed by atoms with Crippen LogP contribution < -0.4 is 5.32 Å². The summed E-state index contributed by atoms with van der Waals surface area (Å²) in [6.45, 7) is 8.23. The minimum absolute atomic E-state index is 0.0230. The van der Waals surface area contributed by atoms with Crippen LogP contribution in [0.25, 0.3) is 0 Å². The number of hydrogen-bond donors (Lipinski definition) is 3. The van der Waals surface area contributed by atoms with Crippen molar-refractivity contribution in [2.75, 3.05) is 32.1 Å². The molecule has 1 saturated heterocycles. The van der Waals surface area contributed by atoms with Crippen molar-refractivity contribution in [3.05, 3.63) is 10.6 Å². The standard InChI is InChI=1S/C23H37N3O3S/c1-14-6-9-26(10-7-14)19(29)11-15-20-16(30-21(24-4)25-20)12-17-22(15,2)8-5-18(28)23(17,3)13-27/h14-15,17-18,27-28H,5-13H2,1-4H3,(H,24,25). The summed E-state index contributed by atoms with van der Waals surface area (Å²) in [6.07, 6.45) is 4.44. The Balaban J connectivity index is 1.69. The lowest BCUT2D eigenvalue weighted by Crippen LogP contribution is -2.57. The summed E-state index contributed by atoms with van der Waals surface area (Å²) in [7, 11) is 1.88. The topological polar surface area (TPSA) is 85.7 Å². The molecule has 2 fully saturated rings. The van der Waals surface area contributed by atoms with Crippen LogP contribution >= 0.6 is 11.3 Å². The molecule has 0 aromatic carbocycles. The number of nitrogens with zero attached hydrogens (tertiary/aromatic N) is 2. The van der Waals surface area contributed by atoms with Crippen molar-refractivity contribution in [1.82, 2.24) is 9.88 Å². The molecule has 5 unspecified atom stereocenters. The van der Waals surface area contributed by atoms with Gasteiger partial charge in [0.2, 0.25) is 5.91 Å². The predicted molar refractivity (Wildman–Crippen MR) is 120 cm³/mol. The number of aromatic nitrogens is 1. The quantitative estimate of drug-likeness (QED) is 0.676. The van der Waals surface area contributed by atoms with E-state index in [9.17, 15) is 15.0 Å². The Morgan fingerprint density at radius 1 is 1.30 bits per heavy atom. The molecule has 1 aromatic heterocycles. The zero-order chi connectivity index (χ0) is 21.7. The minimum Gasteiger partial charge on any atom is -0.396 e. The van der Waals surface area contributed by atoms with E-state index >= 15 is 0 Å². The van der Waals surface area contributed by atoms with Crippen molar-refractivity contribution in [1.29, 1.82) is 0 Å². The largest absolute Gasteiger partial charge is 0.396 e. The number of amides is 1. The van der Waals surface area contributed by atoms with E-state index < -0.39 is 11.5 Å². The van der Waals surface area contributed by atoms with Gasteiger partial charge in [0.05, 0.1) is 18.4 Å². The smallest absolute Gasteiger partial charge is 0.223 e. The van der Waals surface area contributed by atoms with Gasteiger partial charge >= 0.3 is 0 Å². The molecule has 1 saturated carbocycles. The van der Waals surface area contributed by atoms with Crippen LogP contribution in [0.3, 0.4) is 0 Å². The predicted octanol–water partition coefficient (Wildman–Crippen LogP) is 3.25. The van der Waals surface area contributed by atoms with Crippen LogP contribution in [-0.4, -0.2) is 58.9 Å². The summed E-state index contributed by atoms with van der Waals surface area (Å²) >= 11 is 1.66. The maximum atomic E-state index is 13.4. The third kappa shape index (κ3) is 3.47. The van der Waals surface area contributed by atoms with E-state index in [1.165, 1.54) is 4.88 Å². The number of carbonyl (C=O) groups excluding carboxylic acids is 1. The van der Waals surface area contributed by atoms with Crippen LogP contribution in [0.5, 0.6) is 0 Å². The summed E-state index contributed by atoms with van der Waals surface area (Å²) in [5, 5.41) is 25.2. The molecule has 7 heteroatoms. The molecule has 2 heterocycles. The average molecular weight is 436 g/mol. The first-order valence-electron chi connectivity index (χ1n) is 11.5. The van der Waals surface area contributed by atoms with Crippen LogP contribution in [0.15, 0.2) is 0 Å². The van der Waals surface area contributed by atoms with Crippen LogP contribution in [0.1, 0.15) is 69.4 Å². The first kappa shape index (κ1) is 22.0. The third-order valence-electron chi connectivity index (χ3n) is 8.62. The molecular weight excluding hydrogens is 398 g/mol. The van der Waals surface area contributed by atoms with Gasteiger partial charge in [-0.05, 0) is 49.4 Å². The van der Waals surface area contributed by atoms with E-state index in [1.807, 2.05) is 18.9 Å². The van der Waals surface area contributed by atoms with Crippen LogP contribution in [0, 0.1) is 22.7 Å². The van der Waals surface area contributed by atoms with Crippen molar-refractivity contribution in [3.8, 4) is 0 Å². The zero-order valence-electron chi connectivity index (χ0n) is 18.8. The summed E-state index contributed by atoms with van der Waals surface area (Å²) in [5.74, 6) is 1.07. The normalized spacial score (nSPS) is 36.9. The summed E-state index contributed by atoms with van der Waals surface area (Å²) in [5.41, 5.74) is 0.344. The van der Waals surface area contributed by atoms with Gasteiger partial charge < -0.3 is 20.4 Å². The van der Waals surface area contributed by atoms with E-state index in [0.29, 0.717) is 18.8 Å². The molecule has 0 radical (unpaired) electrons. The first-order chi connectivity index (χ1) is 14.2. The summed E-state index contributed by atoms with van der Waals surface area (Å²) in [6, 6.07) is 0. The fourth-order valence-electron chi connectivity index (χ4n) is 6.31. The molecule has 0 bridgehead atoms. The Labute approximate surface area is 184 Å². The van der Waals surface area contributed by atoms with Gasteiger partial charge in [-0.25, -0.2) is 4.98 Å². The van der Waals surface area contributed by atoms with Gasteiger partial charge in [-0.2, -0.15) is 0 Å². The molecule has 2 aliphatic carbocycles. The number of fused-ring (bicyclic) bond motifs is 2. The lowest BCUT2D eigenvalue weighted by molar-refractivity contribution is -0.147. The van der Waals surface area contributed by atoms with Gasteiger partial charge in [-0.3, -0.25) is 4.79 Å². The SMILES string of the molecule is CNc1nc2c(s1)CC1C(C)(CO)C(O)CCC1(C)C2CC(=O)N1CCC(C)CC1. The molecule has 1 aromatic rings. The van der Waals surface area contributed by atoms with E-state index in [4.69, 9.17) is 4.98 Å². The fourth-order valence-corrected chi connectivity index (χ4v) is 7.34. The van der Waals surface area contributed by atoms with Gasteiger partial charge in [0.15, 0.2) is 5.13 Å². The zero-order valence-corrected chi connectivity index (χ0v) is 19.6. The highest BCUT2D eigenvalue weighted by atomic mass is 32.1. The second kappa shape index (κ2) is 8.06. The lowest BCUT2D eigenvalue weighted by Gasteiger charge is -2.58. The number of rotatable bonds is 4. The maximum Gasteiger partial charge on any atom is 0.223 e. The van der Waals surface area contributed by atoms with E-state index in [-0.39, 0.29) is 29.8 Å². The number of likely N-dealkylation sites (tertiary alicyclic amines) is 1. The van der Waals surface area contributed by atoms with Gasteiger partial charge in [0, 0.05) is 42.8 Å². The molecule has 0 spiro atoms. The molecule has 30 heavy (non-hydrogen) atoms. The molecule has 5 atom stereocenters. The van der Waals surface area contributed by atoms with Gasteiger partial charge in [0.25, 0.3) is 0 Å². The molecule has 1 aliphatic heterocycles. The van der Waals surface area contributed by atoms with Crippen molar-refractivity contribution >= 4 is 22.4 Å². The van der Waals surface area contributed by atoms with E-state index in [0.717, 1.165) is 49.6 Å². The van der Waals surface area contributed by atoms with E-state index in [2.05, 4.69) is 19.2 Å². The number of piperidine rings is 1. The van der Waals surface area contributed by atoms with Crippen molar-refractivity contribution < 1.29 is 15.0 Å². The summed E-state index contributed by atoms with van der Waals surface area (Å²) < 4.78 is 0. The minimum atomic E-state index is -0.559. The Bertz CT molecular complexity index is 791. The number of aliphatic hydroxyl groups is 2. The van der Waals surface area contributed by atoms with Crippen LogP contribution in [-0.2, 0) is 11.2 Å². The number of nitrogens with one attached hydrogen (secondary N) is 1. The molecule has 3 aliphatic rings. The summed E-state index contributed by atoms with van der Waals surface area (Å²) in [4.78, 5) is 21.5. The fraction of sp³-hybridized carbons (Fsp3) is 0.826. The van der Waals surface area contributed by atoms with Crippen molar-refractivity contribution in [2.45, 2.75) is 71.3 Å². The maximum absolute atomic E-state index is 13.4. The molecule has 6 nitrogen and oxygen atoms in total. The van der Waals surface area contributed by atoms with Gasteiger partial charge in [-0.15, -0.1) is 11.3 Å². The molecule has 3 N–H and O–H groups in total. The highest BCUT2D eigenvalue weighted by Gasteiger charge is 2.59. The second-order valence-electron chi connectivity index (χ2n) is 10.4. The Morgan fingerprint density at radius 3 is 2.63 bits per heavy atom. The number of anilines is 1. The van der Waals surface area contributed by atoms with E-state index in [1.54, 1.807) is 11.3 Å². The monoisotopic (exact) mass is 435 g/mol. The van der Waals surface area contributed by atoms with Crippen molar-refractivity contribution in [3.63, 3.8) is 0 Å². The molecular formula is C23H37N3O3S. The lowest BCUT2D eigenvalue weighted by atomic mass is 9.47. The molecule has 168 valence electrons. The number of hydrogen-bond acceptors (Lipinski definition) is 6. The van der Waals surface area contributed by atoms with Gasteiger partial charge in [0.1, 0.15) is 0 Å². The van der Waals surface area contributed by atoms with Crippen LogP contribution in [0.4, 0.5) is 5.13 Å². The highest BCUT2D eigenvalue weighted by Crippen LogP contribution is 2.62. The number of aliphatic hydroxyl groups excluding tert-OH is 2. The second-order valence-corrected chi connectivity index (χ2v) is 11.5. The van der Waals surface area contributed by atoms with Crippen molar-refractivity contribution in [2.24, 2.45) is 22.7 Å². The van der Waals surface area contributed by atoms with Gasteiger partial charge in [-0.1, -0.05) is 20.8 Å². The van der Waals surface area contributed by atoms with Crippen LogP contribution in [0.2, 0.25) is 0 Å². The highest BCUT2D eigenvalue weighted by molar-refractivity contribution is 7.15. The Kier molecular flexibility index (Phi) is 5.92. The molecule has 4 rings (SSSR count). The first-order valence-corrected chi connectivity index (χ1v) is 12.3.